The maximum absolute atomic E-state index is 13.2. The first kappa shape index (κ1) is 26.8. The van der Waals surface area contributed by atoms with Crippen LogP contribution in [0.4, 0.5) is 0 Å². The summed E-state index contributed by atoms with van der Waals surface area (Å²) >= 11 is 0. The van der Waals surface area contributed by atoms with Crippen LogP contribution >= 0.6 is 0 Å². The molecular weight excluding hydrogens is 474 g/mol. The van der Waals surface area contributed by atoms with Gasteiger partial charge in [0.15, 0.2) is 5.52 Å². The highest BCUT2D eigenvalue weighted by Gasteiger charge is 2.23. The quantitative estimate of drug-likeness (QED) is 0.317. The van der Waals surface area contributed by atoms with Gasteiger partial charge in [-0.2, -0.15) is 5.10 Å². The number of sulfonamides is 1. The number of nitrogens with one attached hydrogen (secondary N) is 2. The van der Waals surface area contributed by atoms with Gasteiger partial charge >= 0.3 is 0 Å². The van der Waals surface area contributed by atoms with Gasteiger partial charge in [0, 0.05) is 33.4 Å². The summed E-state index contributed by atoms with van der Waals surface area (Å²) in [6, 6.07) is 3.91. The Morgan fingerprint density at radius 3 is 2.69 bits per heavy atom. The largest absolute Gasteiger partial charge is 0.493 e. The number of hydrogen-bond acceptors (Lipinski definition) is 8. The van der Waals surface area contributed by atoms with E-state index in [-0.39, 0.29) is 29.3 Å². The number of aryl methyl sites for hydroxylation is 2. The van der Waals surface area contributed by atoms with Gasteiger partial charge in [-0.1, -0.05) is 13.3 Å². The van der Waals surface area contributed by atoms with Crippen LogP contribution < -0.4 is 15.0 Å². The first-order valence-electron chi connectivity index (χ1n) is 11.6. The molecule has 0 fully saturated rings. The zero-order valence-electron chi connectivity index (χ0n) is 20.5. The van der Waals surface area contributed by atoms with Crippen LogP contribution in [0.2, 0.25) is 0 Å². The van der Waals surface area contributed by atoms with Crippen molar-refractivity contribution in [2.24, 2.45) is 7.05 Å². The van der Waals surface area contributed by atoms with E-state index in [0.717, 1.165) is 6.42 Å². The van der Waals surface area contributed by atoms with E-state index in [0.29, 0.717) is 54.1 Å². The third kappa shape index (κ3) is 6.07. The van der Waals surface area contributed by atoms with Gasteiger partial charge in [0.05, 0.1) is 22.8 Å². The standard InChI is InChI=1S/C23H33N5O6S/c1-5-7-18-20-21(28(3)26-18)23(30)25-22(24-20)17-14-16(8-9-19(17)34-6-2)35(31,32)27-15(10-12-29)11-13-33-4/h8-9,14-15,27,29H,5-7,10-13H2,1-4H3,(H,24,25,30). The summed E-state index contributed by atoms with van der Waals surface area (Å²) in [7, 11) is -0.729. The van der Waals surface area contributed by atoms with Gasteiger partial charge in [-0.3, -0.25) is 9.48 Å². The Hall–Kier alpha value is -2.80. The lowest BCUT2D eigenvalue weighted by atomic mass is 10.1. The number of aromatic amines is 1. The zero-order valence-corrected chi connectivity index (χ0v) is 21.3. The number of benzene rings is 1. The summed E-state index contributed by atoms with van der Waals surface area (Å²) in [4.78, 5) is 20.3. The molecule has 1 unspecified atom stereocenters. The number of aliphatic hydroxyl groups excluding tert-OH is 1. The molecular formula is C23H33N5O6S. The average Bonchev–Trinajstić information content (AvgIpc) is 3.13. The second kappa shape index (κ2) is 11.8. The number of aromatic nitrogens is 4. The Labute approximate surface area is 204 Å². The SMILES string of the molecule is CCCc1nn(C)c2c(=O)[nH]c(-c3cc(S(=O)(=O)NC(CCO)CCOC)ccc3OCC)nc12. The highest BCUT2D eigenvalue weighted by molar-refractivity contribution is 7.89. The summed E-state index contributed by atoms with van der Waals surface area (Å²) in [6.45, 7) is 4.35. The number of methoxy groups -OCH3 is 1. The molecule has 0 bridgehead atoms. The van der Waals surface area contributed by atoms with Crippen LogP contribution in [-0.2, 0) is 28.2 Å². The van der Waals surface area contributed by atoms with E-state index in [1.165, 1.54) is 23.9 Å². The highest BCUT2D eigenvalue weighted by Crippen LogP contribution is 2.31. The molecule has 0 aliphatic carbocycles. The van der Waals surface area contributed by atoms with Crippen molar-refractivity contribution in [3.05, 3.63) is 34.2 Å². The van der Waals surface area contributed by atoms with Gasteiger partial charge in [0.25, 0.3) is 5.56 Å². The van der Waals surface area contributed by atoms with Crippen LogP contribution in [-0.4, -0.2) is 66.2 Å². The molecule has 2 heterocycles. The molecule has 0 aliphatic rings. The van der Waals surface area contributed by atoms with E-state index in [1.54, 1.807) is 13.1 Å². The number of nitrogens with zero attached hydrogens (tertiary/aromatic N) is 3. The van der Waals surface area contributed by atoms with Crippen molar-refractivity contribution in [1.82, 2.24) is 24.5 Å². The third-order valence-corrected chi connectivity index (χ3v) is 7.05. The van der Waals surface area contributed by atoms with Crippen LogP contribution in [0.1, 0.15) is 38.8 Å². The van der Waals surface area contributed by atoms with Crippen LogP contribution in [0, 0.1) is 0 Å². The molecule has 1 aromatic carbocycles. The first-order chi connectivity index (χ1) is 16.7. The minimum atomic E-state index is -3.95. The molecule has 12 heteroatoms. The van der Waals surface area contributed by atoms with Gasteiger partial charge in [0.2, 0.25) is 10.0 Å². The van der Waals surface area contributed by atoms with Crippen molar-refractivity contribution in [3.8, 4) is 17.1 Å². The lowest BCUT2D eigenvalue weighted by Gasteiger charge is -2.18. The Bertz CT molecular complexity index is 1320. The third-order valence-electron chi connectivity index (χ3n) is 5.54. The number of H-pyrrole nitrogens is 1. The molecule has 0 spiro atoms. The fraction of sp³-hybridized carbons (Fsp3) is 0.522. The number of hydrogen-bond donors (Lipinski definition) is 3. The second-order valence-corrected chi connectivity index (χ2v) is 9.85. The monoisotopic (exact) mass is 507 g/mol. The fourth-order valence-corrected chi connectivity index (χ4v) is 5.22. The van der Waals surface area contributed by atoms with Crippen molar-refractivity contribution >= 4 is 21.1 Å². The molecule has 11 nitrogen and oxygen atoms in total. The molecule has 0 aliphatic heterocycles. The lowest BCUT2D eigenvalue weighted by molar-refractivity contribution is 0.178. The molecule has 0 amide bonds. The topological polar surface area (TPSA) is 148 Å². The molecule has 0 saturated heterocycles. The van der Waals surface area contributed by atoms with E-state index in [4.69, 9.17) is 9.47 Å². The normalized spacial score (nSPS) is 12.8. The van der Waals surface area contributed by atoms with Crippen molar-refractivity contribution in [2.75, 3.05) is 26.9 Å². The van der Waals surface area contributed by atoms with Crippen molar-refractivity contribution in [1.29, 1.82) is 0 Å². The first-order valence-corrected chi connectivity index (χ1v) is 13.1. The van der Waals surface area contributed by atoms with Gasteiger partial charge in [0.1, 0.15) is 17.1 Å². The molecule has 1 atom stereocenters. The minimum Gasteiger partial charge on any atom is -0.493 e. The zero-order chi connectivity index (χ0) is 25.6. The number of fused-ring (bicyclic) bond motifs is 1. The Kier molecular flexibility index (Phi) is 9.00. The second-order valence-electron chi connectivity index (χ2n) is 8.13. The maximum Gasteiger partial charge on any atom is 0.277 e. The van der Waals surface area contributed by atoms with Crippen molar-refractivity contribution in [3.63, 3.8) is 0 Å². The summed E-state index contributed by atoms with van der Waals surface area (Å²) in [5, 5.41) is 13.8. The molecule has 3 N–H and O–H groups in total. The summed E-state index contributed by atoms with van der Waals surface area (Å²) < 4.78 is 41.3. The van der Waals surface area contributed by atoms with Crippen LogP contribution in [0.15, 0.2) is 27.9 Å². The van der Waals surface area contributed by atoms with Crippen molar-refractivity contribution < 1.29 is 23.0 Å². The molecule has 35 heavy (non-hydrogen) atoms. The van der Waals surface area contributed by atoms with E-state index < -0.39 is 16.1 Å². The number of rotatable bonds is 13. The van der Waals surface area contributed by atoms with E-state index in [9.17, 15) is 18.3 Å². The predicted molar refractivity (Wildman–Crippen MR) is 132 cm³/mol. The molecule has 3 aromatic rings. The Morgan fingerprint density at radius 1 is 1.26 bits per heavy atom. The molecule has 192 valence electrons. The molecule has 2 aromatic heterocycles. The van der Waals surface area contributed by atoms with Crippen LogP contribution in [0.25, 0.3) is 22.4 Å². The Balaban J connectivity index is 2.11. The van der Waals surface area contributed by atoms with Gasteiger partial charge in [-0.15, -0.1) is 0 Å². The summed E-state index contributed by atoms with van der Waals surface area (Å²) in [6.07, 6.45) is 2.14. The lowest BCUT2D eigenvalue weighted by Crippen LogP contribution is -2.36. The predicted octanol–water partition coefficient (Wildman–Crippen LogP) is 1.74. The van der Waals surface area contributed by atoms with Gasteiger partial charge in [-0.25, -0.2) is 18.1 Å². The highest BCUT2D eigenvalue weighted by atomic mass is 32.2. The van der Waals surface area contributed by atoms with Gasteiger partial charge < -0.3 is 19.6 Å². The van der Waals surface area contributed by atoms with E-state index >= 15 is 0 Å². The fourth-order valence-electron chi connectivity index (χ4n) is 3.89. The van der Waals surface area contributed by atoms with E-state index in [1.807, 2.05) is 13.8 Å². The molecule has 0 saturated carbocycles. The average molecular weight is 508 g/mol. The van der Waals surface area contributed by atoms with E-state index in [2.05, 4.69) is 19.8 Å². The molecule has 0 radical (unpaired) electrons. The summed E-state index contributed by atoms with van der Waals surface area (Å²) in [5.74, 6) is 0.584. The summed E-state index contributed by atoms with van der Waals surface area (Å²) in [5.41, 5.74) is 1.50. The smallest absolute Gasteiger partial charge is 0.277 e. The van der Waals surface area contributed by atoms with Crippen molar-refractivity contribution in [2.45, 2.75) is 50.5 Å². The maximum atomic E-state index is 13.2. The van der Waals surface area contributed by atoms with Crippen LogP contribution in [0.5, 0.6) is 5.75 Å². The molecule has 3 rings (SSSR count). The van der Waals surface area contributed by atoms with Crippen LogP contribution in [0.3, 0.4) is 0 Å². The van der Waals surface area contributed by atoms with Gasteiger partial charge in [-0.05, 0) is 44.4 Å². The minimum absolute atomic E-state index is 0.0148. The Morgan fingerprint density at radius 2 is 2.03 bits per heavy atom. The number of ether oxygens (including phenoxy) is 2. The number of aliphatic hydroxyl groups is 1.